The van der Waals surface area contributed by atoms with Crippen molar-refractivity contribution in [1.82, 2.24) is 19.1 Å². The maximum absolute atomic E-state index is 6.87. The predicted molar refractivity (Wildman–Crippen MR) is 330 cm³/mol. The molecule has 0 unspecified atom stereocenters. The highest BCUT2D eigenvalue weighted by Gasteiger charge is 2.26. The molecule has 12 aromatic rings. The molecular weight excluding hydrogens is 1010 g/mol. The summed E-state index contributed by atoms with van der Waals surface area (Å²) in [5.74, 6) is 2.71. The third-order valence-corrected chi connectivity index (χ3v) is 16.4. The molecule has 4 aromatic heterocycles. The highest BCUT2D eigenvalue weighted by molar-refractivity contribution is 5.93. The average molecular weight is 1080 g/mol. The lowest BCUT2D eigenvalue weighted by atomic mass is 9.86. The number of fused-ring (bicyclic) bond motifs is 4. The number of anilines is 2. The summed E-state index contributed by atoms with van der Waals surface area (Å²) in [6.07, 6.45) is 16.0. The molecule has 2 saturated heterocycles. The van der Waals surface area contributed by atoms with Crippen LogP contribution >= 0.6 is 0 Å². The number of hydrogen-bond acceptors (Lipinski definition) is 6. The highest BCUT2D eigenvalue weighted by atomic mass is 16.5. The van der Waals surface area contributed by atoms with Gasteiger partial charge in [-0.2, -0.15) is 0 Å². The first-order chi connectivity index (χ1) is 39.8. The molecule has 0 radical (unpaired) electrons. The van der Waals surface area contributed by atoms with Crippen LogP contribution in [0.4, 0.5) is 11.4 Å². The number of aromatic nitrogens is 6. The maximum Gasteiger partial charge on any atom is 0.269 e. The van der Waals surface area contributed by atoms with E-state index in [0.717, 1.165) is 82.1 Å². The molecule has 0 atom stereocenters. The molecule has 0 aliphatic carbocycles. The summed E-state index contributed by atoms with van der Waals surface area (Å²) in [6.45, 7) is 17.6. The molecule has 10 heteroatoms. The van der Waals surface area contributed by atoms with E-state index in [1.165, 1.54) is 58.6 Å². The van der Waals surface area contributed by atoms with Gasteiger partial charge in [0.2, 0.25) is 0 Å². The summed E-state index contributed by atoms with van der Waals surface area (Å²) in [5, 5.41) is 4.88. The lowest BCUT2D eigenvalue weighted by Crippen LogP contribution is -2.30. The molecule has 8 aromatic carbocycles. The third kappa shape index (κ3) is 9.65. The Labute approximate surface area is 479 Å². The van der Waals surface area contributed by atoms with E-state index < -0.39 is 0 Å². The van der Waals surface area contributed by atoms with Crippen LogP contribution in [0.15, 0.2) is 194 Å². The standard InChI is InChI=1S/C72H66N8O2/c1-71(2,3)53-39-55(77-47-79(65-25-13-11-23-63(65)77)69-37-51-21-9-7-19-49(51)35-67(69)75-31-15-16-32-75)43-59(41-53)81-57-27-29-73-61(45-57)62-46-58(28-30-74-62)82-60-42-54(72(4,5)6)40-56(44-60)78-48-80(66-26-14-12-24-64(66)78)70-38-52-22-10-8-20-50(52)36-68(70)76-33-17-18-34-76/h7-14,19-30,35-46H,15-18,31-34H2,1-6H3. The van der Waals surface area contributed by atoms with Crippen molar-refractivity contribution in [2.45, 2.75) is 78.1 Å². The molecule has 0 bridgehead atoms. The second kappa shape index (κ2) is 20.4. The van der Waals surface area contributed by atoms with Crippen molar-refractivity contribution < 1.29 is 18.6 Å². The Hall–Kier alpha value is -9.28. The van der Waals surface area contributed by atoms with E-state index in [4.69, 9.17) is 19.4 Å². The molecule has 0 saturated carbocycles. The SMILES string of the molecule is CC(C)(C)c1cc(Oc2ccnc(-c3cc(Oc4cc(-[n+]5[c-]n(-c6cc7ccccc7cc6N6CCCC6)c6ccccc65)cc(C(C)(C)C)c4)ccn3)c2)cc(-[n+]2[c-]n(-c3cc4ccccc4cc3N3CCCC3)c3ccccc32)c1. The zero-order valence-electron chi connectivity index (χ0n) is 47.5. The van der Waals surface area contributed by atoms with Crippen LogP contribution in [0.2, 0.25) is 0 Å². The second-order valence-corrected chi connectivity index (χ2v) is 24.2. The van der Waals surface area contributed by atoms with E-state index >= 15 is 0 Å². The number of ether oxygens (including phenoxy) is 2. The molecule has 2 aliphatic rings. The molecule has 6 heterocycles. The van der Waals surface area contributed by atoms with Crippen molar-refractivity contribution in [2.24, 2.45) is 0 Å². The van der Waals surface area contributed by atoms with E-state index in [-0.39, 0.29) is 10.8 Å². The lowest BCUT2D eigenvalue weighted by molar-refractivity contribution is -0.572. The third-order valence-electron chi connectivity index (χ3n) is 16.4. The van der Waals surface area contributed by atoms with Gasteiger partial charge in [0, 0.05) is 50.7 Å². The Morgan fingerprint density at radius 2 is 0.756 bits per heavy atom. The molecule has 0 spiro atoms. The lowest BCUT2D eigenvalue weighted by Gasteiger charge is -2.23. The average Bonchev–Trinajstić information content (AvgIpc) is 3.12. The number of imidazole rings is 2. The van der Waals surface area contributed by atoms with Gasteiger partial charge in [0.05, 0.1) is 67.6 Å². The van der Waals surface area contributed by atoms with Crippen LogP contribution in [0.25, 0.3) is 77.7 Å². The predicted octanol–water partition coefficient (Wildman–Crippen LogP) is 15.9. The van der Waals surface area contributed by atoms with Crippen LogP contribution in [0, 0.1) is 12.7 Å². The fourth-order valence-corrected chi connectivity index (χ4v) is 12.0. The number of rotatable bonds is 11. The summed E-state index contributed by atoms with van der Waals surface area (Å²) in [5.41, 5.74) is 14.1. The zero-order valence-corrected chi connectivity index (χ0v) is 47.5. The fraction of sp³-hybridized carbons (Fsp3) is 0.222. The quantitative estimate of drug-likeness (QED) is 0.0950. The Bertz CT molecular complexity index is 4130. The van der Waals surface area contributed by atoms with Gasteiger partial charge in [0.25, 0.3) is 12.7 Å². The number of benzene rings is 8. The van der Waals surface area contributed by atoms with Crippen molar-refractivity contribution in [1.29, 1.82) is 0 Å². The first-order valence-corrected chi connectivity index (χ1v) is 28.9. The molecule has 0 N–H and O–H groups in total. The Morgan fingerprint density at radius 1 is 0.390 bits per heavy atom. The van der Waals surface area contributed by atoms with Crippen LogP contribution in [0.1, 0.15) is 78.4 Å². The number of nitrogens with zero attached hydrogens (tertiary/aromatic N) is 8. The van der Waals surface area contributed by atoms with E-state index in [2.05, 4.69) is 240 Å². The highest BCUT2D eigenvalue weighted by Crippen LogP contribution is 2.39. The van der Waals surface area contributed by atoms with Crippen molar-refractivity contribution in [2.75, 3.05) is 36.0 Å². The van der Waals surface area contributed by atoms with Crippen LogP contribution in [-0.4, -0.2) is 45.3 Å². The van der Waals surface area contributed by atoms with Gasteiger partial charge in [-0.15, -0.1) is 0 Å². The summed E-state index contributed by atoms with van der Waals surface area (Å²) in [7, 11) is 0. The van der Waals surface area contributed by atoms with Gasteiger partial charge in [-0.3, -0.25) is 28.2 Å². The van der Waals surface area contributed by atoms with Gasteiger partial charge in [0.15, 0.2) is 0 Å². The van der Waals surface area contributed by atoms with E-state index in [9.17, 15) is 0 Å². The van der Waals surface area contributed by atoms with E-state index in [1.54, 1.807) is 12.4 Å². The monoisotopic (exact) mass is 1070 g/mol. The Balaban J connectivity index is 0.789. The van der Waals surface area contributed by atoms with Crippen LogP contribution in [0.5, 0.6) is 23.0 Å². The number of pyridine rings is 2. The fourth-order valence-electron chi connectivity index (χ4n) is 12.0. The summed E-state index contributed by atoms with van der Waals surface area (Å²) < 4.78 is 22.6. The topological polar surface area (TPSA) is 68.3 Å². The molecule has 14 rings (SSSR count). The van der Waals surface area contributed by atoms with E-state index in [0.29, 0.717) is 34.4 Å². The molecule has 0 amide bonds. The minimum absolute atomic E-state index is 0.180. The smallest absolute Gasteiger partial charge is 0.269 e. The first-order valence-electron chi connectivity index (χ1n) is 28.9. The largest absolute Gasteiger partial charge is 0.458 e. The Morgan fingerprint density at radius 3 is 1.15 bits per heavy atom. The van der Waals surface area contributed by atoms with E-state index in [1.807, 2.05) is 24.3 Å². The van der Waals surface area contributed by atoms with Gasteiger partial charge in [-0.1, -0.05) is 139 Å². The van der Waals surface area contributed by atoms with Gasteiger partial charge in [-0.25, -0.2) is 0 Å². The maximum atomic E-state index is 6.87. The van der Waals surface area contributed by atoms with Gasteiger partial charge < -0.3 is 19.3 Å². The van der Waals surface area contributed by atoms with Crippen LogP contribution in [-0.2, 0) is 10.8 Å². The second-order valence-electron chi connectivity index (χ2n) is 24.2. The van der Waals surface area contributed by atoms with Crippen molar-refractivity contribution in [3.8, 4) is 57.1 Å². The molecule has 10 nitrogen and oxygen atoms in total. The van der Waals surface area contributed by atoms with Crippen molar-refractivity contribution in [3.05, 3.63) is 218 Å². The summed E-state index contributed by atoms with van der Waals surface area (Å²) >= 11 is 0. The first kappa shape index (κ1) is 50.9. The Kier molecular flexibility index (Phi) is 12.6. The van der Waals surface area contributed by atoms with Crippen LogP contribution < -0.4 is 28.4 Å². The van der Waals surface area contributed by atoms with Gasteiger partial charge in [-0.05, 0) is 142 Å². The normalized spacial score (nSPS) is 14.0. The van der Waals surface area contributed by atoms with Gasteiger partial charge in [0.1, 0.15) is 23.0 Å². The summed E-state index contributed by atoms with van der Waals surface area (Å²) in [4.78, 5) is 14.7. The molecule has 2 fully saturated rings. The molecule has 406 valence electrons. The number of para-hydroxylation sites is 4. The molecule has 82 heavy (non-hydrogen) atoms. The minimum atomic E-state index is -0.180. The zero-order chi connectivity index (χ0) is 55.7. The molecule has 2 aliphatic heterocycles. The summed E-state index contributed by atoms with van der Waals surface area (Å²) in [6, 6.07) is 64.6. The molecular formula is C72H66N8O2. The van der Waals surface area contributed by atoms with Crippen LogP contribution in [0.3, 0.4) is 0 Å². The van der Waals surface area contributed by atoms with Crippen molar-refractivity contribution in [3.63, 3.8) is 0 Å². The van der Waals surface area contributed by atoms with Gasteiger partial charge >= 0.3 is 0 Å². The minimum Gasteiger partial charge on any atom is -0.458 e. The number of hydrogen-bond donors (Lipinski definition) is 0. The van der Waals surface area contributed by atoms with Crippen molar-refractivity contribution >= 4 is 55.0 Å².